The first-order valence-corrected chi connectivity index (χ1v) is 9.76. The van der Waals surface area contributed by atoms with Crippen LogP contribution < -0.4 is 10.6 Å². The van der Waals surface area contributed by atoms with Gasteiger partial charge < -0.3 is 15.5 Å². The van der Waals surface area contributed by atoms with Crippen LogP contribution in [0.1, 0.15) is 32.3 Å². The lowest BCUT2D eigenvalue weighted by Gasteiger charge is -2.34. The van der Waals surface area contributed by atoms with Crippen LogP contribution in [0.5, 0.6) is 0 Å². The van der Waals surface area contributed by atoms with Gasteiger partial charge in [-0.05, 0) is 37.9 Å². The predicted octanol–water partition coefficient (Wildman–Crippen LogP) is 3.02. The molecule has 1 aromatic rings. The summed E-state index contributed by atoms with van der Waals surface area (Å²) in [6.45, 7) is 9.86. The summed E-state index contributed by atoms with van der Waals surface area (Å²) in [5.41, 5.74) is 1.61. The number of halogens is 1. The van der Waals surface area contributed by atoms with Crippen molar-refractivity contribution in [3.63, 3.8) is 0 Å². The van der Waals surface area contributed by atoms with E-state index < -0.39 is 0 Å². The molecule has 2 N–H and O–H groups in total. The highest BCUT2D eigenvalue weighted by Crippen LogP contribution is 2.15. The number of piperidine rings is 1. The Kier molecular flexibility index (Phi) is 10.6. The number of likely N-dealkylation sites (tertiary alicyclic amines) is 1. The normalized spacial score (nSPS) is 16.9. The minimum Gasteiger partial charge on any atom is -0.356 e. The van der Waals surface area contributed by atoms with E-state index in [1.807, 2.05) is 7.05 Å². The number of guanidine groups is 1. The summed E-state index contributed by atoms with van der Waals surface area (Å²) in [6.07, 6.45) is 2.32. The van der Waals surface area contributed by atoms with Crippen LogP contribution in [0.2, 0.25) is 0 Å². The molecule has 5 nitrogen and oxygen atoms in total. The molecule has 1 aliphatic rings. The lowest BCUT2D eigenvalue weighted by molar-refractivity contribution is 0.198. The second kappa shape index (κ2) is 11.9. The molecule has 0 amide bonds. The summed E-state index contributed by atoms with van der Waals surface area (Å²) in [4.78, 5) is 9.20. The van der Waals surface area contributed by atoms with E-state index >= 15 is 0 Å². The van der Waals surface area contributed by atoms with E-state index in [0.717, 1.165) is 51.5 Å². The van der Waals surface area contributed by atoms with Crippen molar-refractivity contribution in [2.24, 2.45) is 10.4 Å². The van der Waals surface area contributed by atoms with Gasteiger partial charge in [0.2, 0.25) is 0 Å². The molecule has 6 heteroatoms. The Morgan fingerprint density at radius 2 is 1.81 bits per heavy atom. The lowest BCUT2D eigenvalue weighted by atomic mass is 9.93. The van der Waals surface area contributed by atoms with Crippen LogP contribution in [0.15, 0.2) is 35.3 Å². The first kappa shape index (κ1) is 24.2. The van der Waals surface area contributed by atoms with Crippen LogP contribution in [0.4, 0.5) is 0 Å². The number of nitrogens with zero attached hydrogens (tertiary/aromatic N) is 3. The Morgan fingerprint density at radius 3 is 2.37 bits per heavy atom. The fourth-order valence-electron chi connectivity index (χ4n) is 3.70. The zero-order chi connectivity index (χ0) is 19.0. The van der Waals surface area contributed by atoms with Crippen LogP contribution in [0.25, 0.3) is 0 Å². The highest BCUT2D eigenvalue weighted by atomic mass is 127. The SMILES string of the molecule is CN=C(NCC(C)(C)CN(C)C)NC1CCN(Cc2ccccc2)CC1.I. The maximum atomic E-state index is 4.42. The number of aliphatic imine (C=N–C) groups is 1. The summed E-state index contributed by atoms with van der Waals surface area (Å²) in [6, 6.07) is 11.3. The molecule has 0 saturated carbocycles. The van der Waals surface area contributed by atoms with E-state index in [0.29, 0.717) is 6.04 Å². The molecule has 1 saturated heterocycles. The molecule has 1 aromatic carbocycles. The maximum Gasteiger partial charge on any atom is 0.191 e. The standard InChI is InChI=1S/C21H37N5.HI/c1-21(2,17-25(4)5)16-23-20(22-3)24-19-11-13-26(14-12-19)15-18-9-7-6-8-10-18;/h6-10,19H,11-17H2,1-5H3,(H2,22,23,24);1H. The van der Waals surface area contributed by atoms with E-state index in [1.54, 1.807) is 0 Å². The van der Waals surface area contributed by atoms with Crippen LogP contribution >= 0.6 is 24.0 Å². The van der Waals surface area contributed by atoms with Gasteiger partial charge in [0, 0.05) is 45.8 Å². The van der Waals surface area contributed by atoms with Crippen molar-refractivity contribution < 1.29 is 0 Å². The van der Waals surface area contributed by atoms with Crippen molar-refractivity contribution in [3.05, 3.63) is 35.9 Å². The lowest BCUT2D eigenvalue weighted by Crippen LogP contribution is -2.50. The summed E-state index contributed by atoms with van der Waals surface area (Å²) < 4.78 is 0. The van der Waals surface area contributed by atoms with Crippen molar-refractivity contribution in [2.75, 3.05) is 47.3 Å². The molecule has 1 heterocycles. The molecule has 1 fully saturated rings. The molecule has 0 radical (unpaired) electrons. The van der Waals surface area contributed by atoms with Crippen molar-refractivity contribution >= 4 is 29.9 Å². The van der Waals surface area contributed by atoms with E-state index in [1.165, 1.54) is 5.56 Å². The van der Waals surface area contributed by atoms with Gasteiger partial charge in [-0.2, -0.15) is 0 Å². The molecular weight excluding hydrogens is 449 g/mol. The summed E-state index contributed by atoms with van der Waals surface area (Å²) in [7, 11) is 6.11. The van der Waals surface area contributed by atoms with Crippen LogP contribution in [-0.4, -0.2) is 69.1 Å². The first-order valence-electron chi connectivity index (χ1n) is 9.76. The molecule has 0 aliphatic carbocycles. The topological polar surface area (TPSA) is 42.9 Å². The van der Waals surface area contributed by atoms with Crippen molar-refractivity contribution in [1.29, 1.82) is 0 Å². The van der Waals surface area contributed by atoms with E-state index in [2.05, 4.69) is 83.7 Å². The number of nitrogens with one attached hydrogen (secondary N) is 2. The Hall–Kier alpha value is -0.860. The zero-order valence-corrected chi connectivity index (χ0v) is 20.0. The smallest absolute Gasteiger partial charge is 0.191 e. The fraction of sp³-hybridized carbons (Fsp3) is 0.667. The second-order valence-corrected chi connectivity index (χ2v) is 8.51. The monoisotopic (exact) mass is 487 g/mol. The van der Waals surface area contributed by atoms with Gasteiger partial charge in [0.15, 0.2) is 5.96 Å². The summed E-state index contributed by atoms with van der Waals surface area (Å²) in [5, 5.41) is 7.13. The Morgan fingerprint density at radius 1 is 1.19 bits per heavy atom. The molecule has 0 aromatic heterocycles. The second-order valence-electron chi connectivity index (χ2n) is 8.51. The molecule has 27 heavy (non-hydrogen) atoms. The molecule has 0 unspecified atom stereocenters. The first-order chi connectivity index (χ1) is 12.4. The molecule has 0 bridgehead atoms. The van der Waals surface area contributed by atoms with Crippen LogP contribution in [0, 0.1) is 5.41 Å². The predicted molar refractivity (Wildman–Crippen MR) is 127 cm³/mol. The van der Waals surface area contributed by atoms with Crippen LogP contribution in [-0.2, 0) is 6.54 Å². The van der Waals surface area contributed by atoms with Crippen molar-refractivity contribution in [3.8, 4) is 0 Å². The molecule has 154 valence electrons. The Bertz CT molecular complexity index is 551. The van der Waals surface area contributed by atoms with Gasteiger partial charge in [0.25, 0.3) is 0 Å². The zero-order valence-electron chi connectivity index (χ0n) is 17.7. The molecule has 0 atom stereocenters. The molecule has 1 aliphatic heterocycles. The third kappa shape index (κ3) is 9.25. The highest BCUT2D eigenvalue weighted by molar-refractivity contribution is 14.0. The maximum absolute atomic E-state index is 4.42. The average molecular weight is 487 g/mol. The Balaban J connectivity index is 0.00000364. The quantitative estimate of drug-likeness (QED) is 0.353. The summed E-state index contributed by atoms with van der Waals surface area (Å²) >= 11 is 0. The third-order valence-electron chi connectivity index (χ3n) is 4.88. The minimum absolute atomic E-state index is 0. The Labute approximate surface area is 183 Å². The van der Waals surface area contributed by atoms with Gasteiger partial charge in [-0.1, -0.05) is 44.2 Å². The number of benzene rings is 1. The van der Waals surface area contributed by atoms with Gasteiger partial charge in [0.1, 0.15) is 0 Å². The van der Waals surface area contributed by atoms with Crippen molar-refractivity contribution in [1.82, 2.24) is 20.4 Å². The fourth-order valence-corrected chi connectivity index (χ4v) is 3.70. The van der Waals surface area contributed by atoms with Gasteiger partial charge in [-0.25, -0.2) is 0 Å². The van der Waals surface area contributed by atoms with Gasteiger partial charge >= 0.3 is 0 Å². The molecular formula is C21H38IN5. The van der Waals surface area contributed by atoms with E-state index in [4.69, 9.17) is 0 Å². The average Bonchev–Trinajstić information content (AvgIpc) is 2.60. The number of hydrogen-bond donors (Lipinski definition) is 2. The summed E-state index contributed by atoms with van der Waals surface area (Å²) in [5.74, 6) is 0.929. The largest absolute Gasteiger partial charge is 0.356 e. The van der Waals surface area contributed by atoms with Crippen LogP contribution in [0.3, 0.4) is 0 Å². The van der Waals surface area contributed by atoms with Crippen molar-refractivity contribution in [2.45, 2.75) is 39.3 Å². The third-order valence-corrected chi connectivity index (χ3v) is 4.88. The number of rotatable bonds is 7. The molecule has 0 spiro atoms. The van der Waals surface area contributed by atoms with Gasteiger partial charge in [-0.3, -0.25) is 9.89 Å². The van der Waals surface area contributed by atoms with E-state index in [9.17, 15) is 0 Å². The van der Waals surface area contributed by atoms with Gasteiger partial charge in [0.05, 0.1) is 0 Å². The van der Waals surface area contributed by atoms with E-state index in [-0.39, 0.29) is 29.4 Å². The number of hydrogen-bond acceptors (Lipinski definition) is 3. The highest BCUT2D eigenvalue weighted by Gasteiger charge is 2.22. The minimum atomic E-state index is 0. The molecule has 2 rings (SSSR count). The van der Waals surface area contributed by atoms with Gasteiger partial charge in [-0.15, -0.1) is 24.0 Å².